The fraction of sp³-hybridized carbons (Fsp3) is 0.300. The van der Waals surface area contributed by atoms with Crippen molar-refractivity contribution in [1.29, 1.82) is 0 Å². The van der Waals surface area contributed by atoms with Crippen LogP contribution >= 0.6 is 0 Å². The number of rotatable bonds is 5. The quantitative estimate of drug-likeness (QED) is 0.629. The highest BCUT2D eigenvalue weighted by atomic mass is 32.2. The van der Waals surface area contributed by atoms with Crippen molar-refractivity contribution in [2.45, 2.75) is 11.3 Å². The van der Waals surface area contributed by atoms with E-state index in [-0.39, 0.29) is 23.8 Å². The lowest BCUT2D eigenvalue weighted by Gasteiger charge is -2.06. The normalized spacial score (nSPS) is 11.1. The molecule has 0 fully saturated rings. The van der Waals surface area contributed by atoms with E-state index in [9.17, 15) is 13.2 Å². The Kier molecular flexibility index (Phi) is 4.47. The summed E-state index contributed by atoms with van der Waals surface area (Å²) in [4.78, 5) is 11.0. The molecular weight excluding hydrogens is 242 g/mol. The van der Waals surface area contributed by atoms with Gasteiger partial charge in [0, 0.05) is 25.7 Å². The summed E-state index contributed by atoms with van der Waals surface area (Å²) < 4.78 is 25.8. The number of carbonyl (C=O) groups excluding carboxylic acids is 1. The molecule has 0 atom stereocenters. The van der Waals surface area contributed by atoms with Crippen LogP contribution in [-0.4, -0.2) is 27.9 Å². The number of anilines is 1. The number of nitrogens with two attached hydrogens (primary N) is 1. The van der Waals surface area contributed by atoms with Crippen LogP contribution in [0, 0.1) is 0 Å². The predicted molar refractivity (Wildman–Crippen MR) is 64.7 cm³/mol. The summed E-state index contributed by atoms with van der Waals surface area (Å²) in [5.74, 6) is -0.218. The first kappa shape index (κ1) is 13.5. The number of amides is 1. The Balaban J connectivity index is 2.63. The second-order valence-corrected chi connectivity index (χ2v) is 5.16. The Hall–Kier alpha value is -1.60. The molecule has 94 valence electrons. The van der Waals surface area contributed by atoms with E-state index in [1.165, 1.54) is 31.3 Å². The third kappa shape index (κ3) is 4.04. The van der Waals surface area contributed by atoms with Crippen LogP contribution in [0.25, 0.3) is 0 Å². The fourth-order valence-corrected chi connectivity index (χ4v) is 2.19. The van der Waals surface area contributed by atoms with Gasteiger partial charge in [-0.25, -0.2) is 13.1 Å². The minimum absolute atomic E-state index is 0.0619. The van der Waals surface area contributed by atoms with Crippen molar-refractivity contribution in [2.24, 2.45) is 0 Å². The first-order valence-electron chi connectivity index (χ1n) is 5.01. The van der Waals surface area contributed by atoms with Gasteiger partial charge in [0.05, 0.1) is 4.90 Å². The Morgan fingerprint density at radius 2 is 1.88 bits per heavy atom. The molecule has 0 heterocycles. The van der Waals surface area contributed by atoms with Gasteiger partial charge < -0.3 is 11.1 Å². The second-order valence-electron chi connectivity index (χ2n) is 3.39. The van der Waals surface area contributed by atoms with Crippen LogP contribution in [-0.2, 0) is 14.8 Å². The van der Waals surface area contributed by atoms with Crippen molar-refractivity contribution in [3.05, 3.63) is 24.3 Å². The third-order valence-electron chi connectivity index (χ3n) is 2.11. The van der Waals surface area contributed by atoms with Crippen LogP contribution in [0.3, 0.4) is 0 Å². The molecule has 6 nitrogen and oxygen atoms in total. The summed E-state index contributed by atoms with van der Waals surface area (Å²) in [5, 5.41) is 2.41. The Morgan fingerprint density at radius 1 is 1.29 bits per heavy atom. The molecule has 0 unspecified atom stereocenters. The number of nitrogen functional groups attached to an aromatic ring is 1. The maximum Gasteiger partial charge on any atom is 0.240 e. The van der Waals surface area contributed by atoms with E-state index in [1.807, 2.05) is 0 Å². The number of nitrogens with one attached hydrogen (secondary N) is 2. The van der Waals surface area contributed by atoms with Crippen molar-refractivity contribution in [1.82, 2.24) is 10.0 Å². The molecule has 0 spiro atoms. The molecular formula is C10H15N3O3S. The number of benzene rings is 1. The molecule has 1 aromatic carbocycles. The number of hydrogen-bond acceptors (Lipinski definition) is 4. The van der Waals surface area contributed by atoms with Crippen LogP contribution in [0.2, 0.25) is 0 Å². The molecule has 1 rings (SSSR count). The Morgan fingerprint density at radius 3 is 2.41 bits per heavy atom. The molecule has 0 radical (unpaired) electrons. The number of sulfonamides is 1. The molecule has 1 amide bonds. The van der Waals surface area contributed by atoms with Crippen molar-refractivity contribution in [3.63, 3.8) is 0 Å². The van der Waals surface area contributed by atoms with E-state index in [2.05, 4.69) is 10.0 Å². The average Bonchev–Trinajstić information content (AvgIpc) is 2.29. The van der Waals surface area contributed by atoms with Gasteiger partial charge in [0.25, 0.3) is 0 Å². The maximum absolute atomic E-state index is 11.7. The monoisotopic (exact) mass is 257 g/mol. The molecule has 0 saturated heterocycles. The maximum atomic E-state index is 11.7. The van der Waals surface area contributed by atoms with Gasteiger partial charge in [-0.05, 0) is 24.3 Å². The van der Waals surface area contributed by atoms with E-state index in [1.54, 1.807) is 0 Å². The van der Waals surface area contributed by atoms with Crippen molar-refractivity contribution >= 4 is 21.6 Å². The van der Waals surface area contributed by atoms with Gasteiger partial charge in [-0.1, -0.05) is 0 Å². The zero-order chi connectivity index (χ0) is 12.9. The lowest BCUT2D eigenvalue weighted by molar-refractivity contribution is -0.120. The van der Waals surface area contributed by atoms with E-state index in [0.717, 1.165) is 0 Å². The van der Waals surface area contributed by atoms with Gasteiger partial charge in [-0.15, -0.1) is 0 Å². The van der Waals surface area contributed by atoms with Crippen molar-refractivity contribution in [2.75, 3.05) is 19.3 Å². The van der Waals surface area contributed by atoms with E-state index >= 15 is 0 Å². The molecule has 1 aromatic rings. The second kappa shape index (κ2) is 5.65. The summed E-state index contributed by atoms with van der Waals surface area (Å²) >= 11 is 0. The SMILES string of the molecule is CNC(=O)CCNS(=O)(=O)c1ccc(N)cc1. The first-order chi connectivity index (χ1) is 7.95. The fourth-order valence-electron chi connectivity index (χ4n) is 1.15. The molecule has 0 aromatic heterocycles. The molecule has 0 bridgehead atoms. The molecule has 0 aliphatic heterocycles. The van der Waals surface area contributed by atoms with Gasteiger partial charge in [0.1, 0.15) is 0 Å². The van der Waals surface area contributed by atoms with E-state index in [4.69, 9.17) is 5.73 Å². The summed E-state index contributed by atoms with van der Waals surface area (Å²) in [6, 6.07) is 5.84. The largest absolute Gasteiger partial charge is 0.399 e. The van der Waals surface area contributed by atoms with Crippen LogP contribution in [0.1, 0.15) is 6.42 Å². The lowest BCUT2D eigenvalue weighted by atomic mass is 10.3. The standard InChI is InChI=1S/C10H15N3O3S/c1-12-10(14)6-7-13-17(15,16)9-4-2-8(11)3-5-9/h2-5,13H,6-7,11H2,1H3,(H,12,14). The highest BCUT2D eigenvalue weighted by Crippen LogP contribution is 2.11. The molecule has 0 saturated carbocycles. The average molecular weight is 257 g/mol. The van der Waals surface area contributed by atoms with Crippen LogP contribution < -0.4 is 15.8 Å². The van der Waals surface area contributed by atoms with Gasteiger partial charge in [-0.3, -0.25) is 4.79 Å². The third-order valence-corrected chi connectivity index (χ3v) is 3.59. The smallest absolute Gasteiger partial charge is 0.240 e. The lowest BCUT2D eigenvalue weighted by Crippen LogP contribution is -2.29. The van der Waals surface area contributed by atoms with Crippen molar-refractivity contribution < 1.29 is 13.2 Å². The zero-order valence-corrected chi connectivity index (χ0v) is 10.3. The number of carbonyl (C=O) groups is 1. The predicted octanol–water partition coefficient (Wildman–Crippen LogP) is -0.317. The van der Waals surface area contributed by atoms with Crippen LogP contribution in [0.15, 0.2) is 29.2 Å². The highest BCUT2D eigenvalue weighted by Gasteiger charge is 2.13. The highest BCUT2D eigenvalue weighted by molar-refractivity contribution is 7.89. The van der Waals surface area contributed by atoms with Gasteiger partial charge in [-0.2, -0.15) is 0 Å². The first-order valence-corrected chi connectivity index (χ1v) is 6.50. The summed E-state index contributed by atoms with van der Waals surface area (Å²) in [6.07, 6.45) is 0.102. The Bertz CT molecular complexity index is 482. The summed E-state index contributed by atoms with van der Waals surface area (Å²) in [7, 11) is -2.07. The van der Waals surface area contributed by atoms with Gasteiger partial charge in [0.2, 0.25) is 15.9 Å². The van der Waals surface area contributed by atoms with E-state index in [0.29, 0.717) is 5.69 Å². The molecule has 7 heteroatoms. The van der Waals surface area contributed by atoms with Crippen molar-refractivity contribution in [3.8, 4) is 0 Å². The minimum Gasteiger partial charge on any atom is -0.399 e. The molecule has 4 N–H and O–H groups in total. The number of hydrogen-bond donors (Lipinski definition) is 3. The topological polar surface area (TPSA) is 101 Å². The van der Waals surface area contributed by atoms with Gasteiger partial charge >= 0.3 is 0 Å². The van der Waals surface area contributed by atoms with Crippen LogP contribution in [0.5, 0.6) is 0 Å². The summed E-state index contributed by atoms with van der Waals surface area (Å²) in [5.41, 5.74) is 5.95. The van der Waals surface area contributed by atoms with Gasteiger partial charge in [0.15, 0.2) is 0 Å². The molecule has 17 heavy (non-hydrogen) atoms. The molecule has 0 aliphatic rings. The Labute approximate surface area is 100 Å². The zero-order valence-electron chi connectivity index (χ0n) is 9.43. The van der Waals surface area contributed by atoms with Crippen LogP contribution in [0.4, 0.5) is 5.69 Å². The summed E-state index contributed by atoms with van der Waals surface area (Å²) in [6.45, 7) is 0.0619. The van der Waals surface area contributed by atoms with E-state index < -0.39 is 10.0 Å². The minimum atomic E-state index is -3.57. The molecule has 0 aliphatic carbocycles.